The summed E-state index contributed by atoms with van der Waals surface area (Å²) in [4.78, 5) is 0.367. The minimum atomic E-state index is -3.63. The number of hydrogen-bond donors (Lipinski definition) is 1. The Hall–Kier alpha value is -1.73. The molecule has 0 radical (unpaired) electrons. The monoisotopic (exact) mass is 390 g/mol. The van der Waals surface area contributed by atoms with Crippen LogP contribution in [0, 0.1) is 13.8 Å². The fourth-order valence-corrected chi connectivity index (χ4v) is 5.14. The Bertz CT molecular complexity index is 916. The number of nitrogens with one attached hydrogen (secondary N) is 1. The second kappa shape index (κ2) is 7.36. The van der Waals surface area contributed by atoms with Crippen LogP contribution in [-0.4, -0.2) is 23.2 Å². The third-order valence-electron chi connectivity index (χ3n) is 5.20. The molecule has 0 bridgehead atoms. The first-order valence-electron chi connectivity index (χ1n) is 9.62. The molecule has 1 N–H and O–H groups in total. The lowest BCUT2D eigenvalue weighted by Gasteiger charge is -2.22. The Morgan fingerprint density at radius 3 is 2.37 bits per heavy atom. The number of benzene rings is 1. The topological polar surface area (TPSA) is 76.9 Å². The largest absolute Gasteiger partial charge is 0.314 e. The van der Waals surface area contributed by atoms with E-state index in [0.29, 0.717) is 10.7 Å². The molecule has 7 heteroatoms. The summed E-state index contributed by atoms with van der Waals surface area (Å²) in [6.45, 7) is 11.1. The summed E-state index contributed by atoms with van der Waals surface area (Å²) in [5.74, 6) is 1.65. The van der Waals surface area contributed by atoms with Crippen molar-refractivity contribution >= 4 is 10.0 Å². The molecule has 0 saturated carbocycles. The highest BCUT2D eigenvalue weighted by molar-refractivity contribution is 7.89. The van der Waals surface area contributed by atoms with Crippen molar-refractivity contribution in [3.05, 3.63) is 40.5 Å². The fraction of sp³-hybridized carbons (Fsp3) is 0.600. The van der Waals surface area contributed by atoms with Crippen molar-refractivity contribution in [1.29, 1.82) is 0 Å². The van der Waals surface area contributed by atoms with Crippen LogP contribution in [0.15, 0.2) is 17.0 Å². The summed E-state index contributed by atoms with van der Waals surface area (Å²) in [5, 5.41) is 8.46. The number of aromatic nitrogens is 3. The number of sulfonamides is 1. The maximum Gasteiger partial charge on any atom is 0.241 e. The second-order valence-electron chi connectivity index (χ2n) is 8.51. The van der Waals surface area contributed by atoms with E-state index in [0.717, 1.165) is 48.3 Å². The van der Waals surface area contributed by atoms with Crippen molar-refractivity contribution in [1.82, 2.24) is 19.5 Å². The van der Waals surface area contributed by atoms with Gasteiger partial charge in [-0.25, -0.2) is 13.1 Å². The van der Waals surface area contributed by atoms with Crippen LogP contribution in [0.3, 0.4) is 0 Å². The molecule has 0 spiro atoms. The van der Waals surface area contributed by atoms with Gasteiger partial charge in [-0.2, -0.15) is 0 Å². The fourth-order valence-electron chi connectivity index (χ4n) is 3.71. The molecule has 0 saturated heterocycles. The smallest absolute Gasteiger partial charge is 0.241 e. The summed E-state index contributed by atoms with van der Waals surface area (Å²) in [7, 11) is -3.63. The summed E-state index contributed by atoms with van der Waals surface area (Å²) < 4.78 is 30.8. The Labute approximate surface area is 162 Å². The first-order valence-corrected chi connectivity index (χ1v) is 11.1. The number of hydrogen-bond acceptors (Lipinski definition) is 4. The van der Waals surface area contributed by atoms with Gasteiger partial charge in [0, 0.05) is 13.0 Å². The molecule has 0 amide bonds. The Morgan fingerprint density at radius 1 is 1.07 bits per heavy atom. The first kappa shape index (κ1) is 20.0. The maximum atomic E-state index is 13.0. The highest BCUT2D eigenvalue weighted by atomic mass is 32.2. The molecule has 0 aliphatic carbocycles. The zero-order chi connectivity index (χ0) is 19.8. The molecule has 2 heterocycles. The van der Waals surface area contributed by atoms with Crippen LogP contribution in [0.4, 0.5) is 0 Å². The lowest BCUT2D eigenvalue weighted by molar-refractivity contribution is 0.565. The van der Waals surface area contributed by atoms with E-state index in [9.17, 15) is 8.42 Å². The van der Waals surface area contributed by atoms with E-state index in [-0.39, 0.29) is 12.0 Å². The highest BCUT2D eigenvalue weighted by Crippen LogP contribution is 2.29. The predicted octanol–water partition coefficient (Wildman–Crippen LogP) is 3.40. The molecule has 3 rings (SSSR count). The van der Waals surface area contributed by atoms with Crippen LogP contribution in [0.25, 0.3) is 0 Å². The molecule has 148 valence electrons. The van der Waals surface area contributed by atoms with Gasteiger partial charge in [-0.05, 0) is 48.8 Å². The SMILES string of the molecule is Cc1cc(C(C)(C)C)cc(C)c1S(=O)(=O)NCc1nnc2n1CCCCC2. The molecular formula is C20H30N4O2S. The first-order chi connectivity index (χ1) is 12.6. The van der Waals surface area contributed by atoms with Crippen LogP contribution in [0.1, 0.15) is 68.4 Å². The van der Waals surface area contributed by atoms with Gasteiger partial charge in [-0.15, -0.1) is 10.2 Å². The summed E-state index contributed by atoms with van der Waals surface area (Å²) in [6, 6.07) is 3.95. The van der Waals surface area contributed by atoms with Crippen molar-refractivity contribution in [2.45, 2.75) is 83.7 Å². The maximum absolute atomic E-state index is 13.0. The van der Waals surface area contributed by atoms with E-state index in [4.69, 9.17) is 0 Å². The summed E-state index contributed by atoms with van der Waals surface area (Å²) in [6.07, 6.45) is 4.28. The van der Waals surface area contributed by atoms with Crippen LogP contribution >= 0.6 is 0 Å². The molecule has 1 aromatic carbocycles. The molecule has 6 nitrogen and oxygen atoms in total. The molecule has 1 aromatic heterocycles. The minimum Gasteiger partial charge on any atom is -0.314 e. The van der Waals surface area contributed by atoms with Gasteiger partial charge in [0.15, 0.2) is 0 Å². The van der Waals surface area contributed by atoms with Gasteiger partial charge >= 0.3 is 0 Å². The zero-order valence-corrected chi connectivity index (χ0v) is 17.8. The van der Waals surface area contributed by atoms with Gasteiger partial charge in [0.05, 0.1) is 11.4 Å². The zero-order valence-electron chi connectivity index (χ0n) is 17.0. The van der Waals surface area contributed by atoms with Gasteiger partial charge in [0.1, 0.15) is 11.6 Å². The number of aryl methyl sites for hydroxylation is 3. The number of nitrogens with zero attached hydrogens (tertiary/aromatic N) is 3. The standard InChI is InChI=1S/C20H30N4O2S/c1-14-11-16(20(3,4)5)12-15(2)19(14)27(25,26)21-13-18-23-22-17-9-7-6-8-10-24(17)18/h11-12,21H,6-10,13H2,1-5H3. The van der Waals surface area contributed by atoms with Crippen molar-refractivity contribution in [2.24, 2.45) is 0 Å². The van der Waals surface area contributed by atoms with E-state index >= 15 is 0 Å². The number of fused-ring (bicyclic) bond motifs is 1. The third-order valence-corrected chi connectivity index (χ3v) is 6.91. The van der Waals surface area contributed by atoms with Gasteiger partial charge in [-0.3, -0.25) is 0 Å². The molecule has 27 heavy (non-hydrogen) atoms. The lowest BCUT2D eigenvalue weighted by Crippen LogP contribution is -2.27. The lowest BCUT2D eigenvalue weighted by atomic mass is 9.85. The summed E-state index contributed by atoms with van der Waals surface area (Å²) in [5.41, 5.74) is 2.66. The molecule has 1 aliphatic rings. The average Bonchev–Trinajstić information content (AvgIpc) is 2.78. The van der Waals surface area contributed by atoms with E-state index in [1.807, 2.05) is 26.0 Å². The van der Waals surface area contributed by atoms with E-state index < -0.39 is 10.0 Å². The second-order valence-corrected chi connectivity index (χ2v) is 10.2. The van der Waals surface area contributed by atoms with Crippen molar-refractivity contribution in [2.75, 3.05) is 0 Å². The molecule has 0 unspecified atom stereocenters. The molecule has 0 atom stereocenters. The molecule has 1 aliphatic heterocycles. The van der Waals surface area contributed by atoms with Gasteiger partial charge < -0.3 is 4.57 Å². The Kier molecular flexibility index (Phi) is 5.45. The third kappa shape index (κ3) is 4.24. The number of rotatable bonds is 4. The van der Waals surface area contributed by atoms with Crippen LogP contribution in [0.2, 0.25) is 0 Å². The van der Waals surface area contributed by atoms with E-state index in [1.165, 1.54) is 6.42 Å². The van der Waals surface area contributed by atoms with Crippen LogP contribution in [-0.2, 0) is 34.9 Å². The molecular weight excluding hydrogens is 360 g/mol. The van der Waals surface area contributed by atoms with E-state index in [2.05, 4.69) is 40.3 Å². The Morgan fingerprint density at radius 2 is 1.74 bits per heavy atom. The van der Waals surface area contributed by atoms with Crippen molar-refractivity contribution < 1.29 is 8.42 Å². The van der Waals surface area contributed by atoms with Crippen LogP contribution < -0.4 is 4.72 Å². The van der Waals surface area contributed by atoms with Crippen LogP contribution in [0.5, 0.6) is 0 Å². The van der Waals surface area contributed by atoms with Gasteiger partial charge in [0.25, 0.3) is 0 Å². The predicted molar refractivity (Wildman–Crippen MR) is 106 cm³/mol. The van der Waals surface area contributed by atoms with Crippen molar-refractivity contribution in [3.8, 4) is 0 Å². The average molecular weight is 391 g/mol. The van der Waals surface area contributed by atoms with Gasteiger partial charge in [-0.1, -0.05) is 39.3 Å². The quantitative estimate of drug-likeness (QED) is 0.868. The normalized spacial score (nSPS) is 15.4. The van der Waals surface area contributed by atoms with Gasteiger partial charge in [0.2, 0.25) is 10.0 Å². The summed E-state index contributed by atoms with van der Waals surface area (Å²) >= 11 is 0. The molecule has 0 fully saturated rings. The minimum absolute atomic E-state index is 0.0235. The van der Waals surface area contributed by atoms with Crippen molar-refractivity contribution in [3.63, 3.8) is 0 Å². The Balaban J connectivity index is 1.85. The highest BCUT2D eigenvalue weighted by Gasteiger charge is 2.24. The van der Waals surface area contributed by atoms with E-state index in [1.54, 1.807) is 0 Å². The molecule has 2 aromatic rings.